The number of ether oxygens (including phenoxy) is 1. The van der Waals surface area contributed by atoms with Crippen LogP contribution in [0, 0.1) is 5.92 Å². The quantitative estimate of drug-likeness (QED) is 0.744. The highest BCUT2D eigenvalue weighted by molar-refractivity contribution is 5.67. The van der Waals surface area contributed by atoms with Crippen LogP contribution in [0.15, 0.2) is 12.5 Å². The number of carbonyl (C=O) groups is 1. The molecule has 0 atom stereocenters. The summed E-state index contributed by atoms with van der Waals surface area (Å²) >= 11 is 0. The Hall–Kier alpha value is -1.52. The fourth-order valence-electron chi connectivity index (χ4n) is 2.20. The number of imidazole rings is 1. The van der Waals surface area contributed by atoms with Crippen molar-refractivity contribution in [2.24, 2.45) is 5.92 Å². The molecular formula is C17H31N3O2. The van der Waals surface area contributed by atoms with Gasteiger partial charge in [0.1, 0.15) is 5.60 Å². The van der Waals surface area contributed by atoms with Crippen LogP contribution in [0.25, 0.3) is 0 Å². The van der Waals surface area contributed by atoms with Gasteiger partial charge >= 0.3 is 6.09 Å². The van der Waals surface area contributed by atoms with Crippen LogP contribution in [-0.4, -0.2) is 27.8 Å². The van der Waals surface area contributed by atoms with E-state index in [2.05, 4.69) is 28.7 Å². The van der Waals surface area contributed by atoms with Crippen molar-refractivity contribution < 1.29 is 9.53 Å². The lowest BCUT2D eigenvalue weighted by atomic mass is 10.1. The van der Waals surface area contributed by atoms with Crippen molar-refractivity contribution in [2.75, 3.05) is 6.54 Å². The number of amides is 1. The lowest BCUT2D eigenvalue weighted by molar-refractivity contribution is 0.0528. The molecule has 5 heteroatoms. The van der Waals surface area contributed by atoms with E-state index in [-0.39, 0.29) is 6.09 Å². The third-order valence-electron chi connectivity index (χ3n) is 3.28. The number of unbranched alkanes of at least 4 members (excludes halogenated alkanes) is 1. The lowest BCUT2D eigenvalue weighted by Gasteiger charge is -2.19. The van der Waals surface area contributed by atoms with E-state index in [0.717, 1.165) is 24.6 Å². The molecule has 0 aliphatic carbocycles. The van der Waals surface area contributed by atoms with Gasteiger partial charge in [0, 0.05) is 31.4 Å². The highest BCUT2D eigenvalue weighted by atomic mass is 16.6. The Balaban J connectivity index is 2.29. The molecule has 126 valence electrons. The molecule has 1 heterocycles. The average Bonchev–Trinajstić information content (AvgIpc) is 2.80. The molecule has 1 N–H and O–H groups in total. The van der Waals surface area contributed by atoms with Gasteiger partial charge in [0.15, 0.2) is 0 Å². The van der Waals surface area contributed by atoms with E-state index in [1.54, 1.807) is 0 Å². The van der Waals surface area contributed by atoms with Gasteiger partial charge in [-0.25, -0.2) is 9.78 Å². The number of alkyl carbamates (subject to hydrolysis) is 1. The molecule has 0 aliphatic rings. The first-order valence-electron chi connectivity index (χ1n) is 8.24. The molecule has 0 saturated carbocycles. The Kier molecular flexibility index (Phi) is 7.42. The van der Waals surface area contributed by atoms with E-state index < -0.39 is 5.60 Å². The molecule has 0 fully saturated rings. The van der Waals surface area contributed by atoms with Crippen LogP contribution < -0.4 is 5.32 Å². The summed E-state index contributed by atoms with van der Waals surface area (Å²) in [4.78, 5) is 15.8. The second-order valence-corrected chi connectivity index (χ2v) is 7.15. The van der Waals surface area contributed by atoms with Crippen molar-refractivity contribution in [3.05, 3.63) is 18.2 Å². The summed E-state index contributed by atoms with van der Waals surface area (Å²) < 4.78 is 7.39. The first-order chi connectivity index (χ1) is 10.3. The minimum absolute atomic E-state index is 0.365. The first-order valence-corrected chi connectivity index (χ1v) is 8.24. The molecule has 0 radical (unpaired) electrons. The smallest absolute Gasteiger partial charge is 0.407 e. The number of aromatic nitrogens is 2. The van der Waals surface area contributed by atoms with Crippen molar-refractivity contribution in [1.29, 1.82) is 0 Å². The molecule has 22 heavy (non-hydrogen) atoms. The molecule has 0 saturated heterocycles. The summed E-state index contributed by atoms with van der Waals surface area (Å²) in [6, 6.07) is 0. The number of hydrogen-bond acceptors (Lipinski definition) is 3. The molecule has 5 nitrogen and oxygen atoms in total. The molecular weight excluding hydrogens is 278 g/mol. The van der Waals surface area contributed by atoms with E-state index in [9.17, 15) is 4.79 Å². The number of hydrogen-bond donors (Lipinski definition) is 1. The molecule has 1 amide bonds. The van der Waals surface area contributed by atoms with E-state index in [1.807, 2.05) is 33.3 Å². The largest absolute Gasteiger partial charge is 0.444 e. The highest BCUT2D eigenvalue weighted by Crippen LogP contribution is 2.09. The topological polar surface area (TPSA) is 56.2 Å². The van der Waals surface area contributed by atoms with Crippen molar-refractivity contribution in [3.8, 4) is 0 Å². The summed E-state index contributed by atoms with van der Waals surface area (Å²) in [6.07, 6.45) is 7.83. The summed E-state index contributed by atoms with van der Waals surface area (Å²) in [7, 11) is 0. The zero-order chi connectivity index (χ0) is 16.6. The Morgan fingerprint density at radius 1 is 1.36 bits per heavy atom. The van der Waals surface area contributed by atoms with Crippen LogP contribution in [0.5, 0.6) is 0 Å². The Labute approximate surface area is 134 Å². The summed E-state index contributed by atoms with van der Waals surface area (Å²) in [5, 5.41) is 2.78. The van der Waals surface area contributed by atoms with E-state index in [0.29, 0.717) is 6.54 Å². The van der Waals surface area contributed by atoms with Crippen molar-refractivity contribution in [1.82, 2.24) is 14.9 Å². The minimum atomic E-state index is -0.456. The van der Waals surface area contributed by atoms with Crippen molar-refractivity contribution in [2.45, 2.75) is 72.4 Å². The highest BCUT2D eigenvalue weighted by Gasteiger charge is 2.15. The van der Waals surface area contributed by atoms with Gasteiger partial charge < -0.3 is 14.6 Å². The molecule has 0 bridgehead atoms. The van der Waals surface area contributed by atoms with Crippen LogP contribution in [0.4, 0.5) is 4.79 Å². The predicted octanol–water partition coefficient (Wildman–Crippen LogP) is 3.78. The van der Waals surface area contributed by atoms with Crippen LogP contribution in [-0.2, 0) is 17.7 Å². The number of nitrogens with zero attached hydrogens (tertiary/aromatic N) is 2. The fraction of sp³-hybridized carbons (Fsp3) is 0.765. The lowest BCUT2D eigenvalue weighted by Crippen LogP contribution is -2.33. The molecule has 1 aromatic rings. The van der Waals surface area contributed by atoms with E-state index >= 15 is 0 Å². The van der Waals surface area contributed by atoms with Gasteiger partial charge in [-0.1, -0.05) is 26.7 Å². The van der Waals surface area contributed by atoms with Crippen LogP contribution in [0.2, 0.25) is 0 Å². The van der Waals surface area contributed by atoms with Gasteiger partial charge in [0.05, 0.1) is 6.33 Å². The summed E-state index contributed by atoms with van der Waals surface area (Å²) in [5.74, 6) is 0.764. The Morgan fingerprint density at radius 2 is 2.09 bits per heavy atom. The second-order valence-electron chi connectivity index (χ2n) is 7.15. The molecule has 0 aliphatic heterocycles. The normalized spacial score (nSPS) is 11.7. The SMILES string of the molecule is CC(C)CCCCn1cncc1CCNC(=O)OC(C)(C)C. The molecule has 0 aromatic carbocycles. The minimum Gasteiger partial charge on any atom is -0.444 e. The molecule has 0 unspecified atom stereocenters. The first kappa shape index (κ1) is 18.5. The zero-order valence-corrected chi connectivity index (χ0v) is 14.7. The number of carbonyl (C=O) groups excluding carboxylic acids is 1. The van der Waals surface area contributed by atoms with Crippen LogP contribution in [0.1, 0.15) is 59.6 Å². The fourth-order valence-corrected chi connectivity index (χ4v) is 2.20. The van der Waals surface area contributed by atoms with Gasteiger partial charge in [-0.15, -0.1) is 0 Å². The van der Waals surface area contributed by atoms with E-state index in [1.165, 1.54) is 19.3 Å². The number of aryl methyl sites for hydroxylation is 1. The van der Waals surface area contributed by atoms with Crippen molar-refractivity contribution >= 4 is 6.09 Å². The summed E-state index contributed by atoms with van der Waals surface area (Å²) in [6.45, 7) is 11.6. The predicted molar refractivity (Wildman–Crippen MR) is 88.9 cm³/mol. The monoisotopic (exact) mass is 309 g/mol. The average molecular weight is 309 g/mol. The zero-order valence-electron chi connectivity index (χ0n) is 14.7. The summed E-state index contributed by atoms with van der Waals surface area (Å²) in [5.41, 5.74) is 0.697. The van der Waals surface area contributed by atoms with E-state index in [4.69, 9.17) is 4.74 Å². The van der Waals surface area contributed by atoms with Gasteiger partial charge in [0.2, 0.25) is 0 Å². The van der Waals surface area contributed by atoms with Gasteiger partial charge in [-0.3, -0.25) is 0 Å². The maximum atomic E-state index is 11.6. The van der Waals surface area contributed by atoms with Gasteiger partial charge in [0.25, 0.3) is 0 Å². The standard InChI is InChI=1S/C17H31N3O2/c1-14(2)8-6-7-11-20-13-18-12-15(20)9-10-19-16(21)22-17(3,4)5/h12-14H,6-11H2,1-5H3,(H,19,21). The van der Waals surface area contributed by atoms with Gasteiger partial charge in [-0.2, -0.15) is 0 Å². The Morgan fingerprint density at radius 3 is 2.73 bits per heavy atom. The van der Waals surface area contributed by atoms with Crippen LogP contribution >= 0.6 is 0 Å². The molecule has 1 aromatic heterocycles. The molecule has 0 spiro atoms. The number of rotatable bonds is 8. The Bertz CT molecular complexity index is 447. The third-order valence-corrected chi connectivity index (χ3v) is 3.28. The number of nitrogens with one attached hydrogen (secondary N) is 1. The maximum Gasteiger partial charge on any atom is 0.407 e. The maximum absolute atomic E-state index is 11.6. The van der Waals surface area contributed by atoms with Crippen LogP contribution in [0.3, 0.4) is 0 Å². The van der Waals surface area contributed by atoms with Gasteiger partial charge in [-0.05, 0) is 33.1 Å². The van der Waals surface area contributed by atoms with Crippen molar-refractivity contribution in [3.63, 3.8) is 0 Å². The second kappa shape index (κ2) is 8.81. The molecule has 1 rings (SSSR count). The third kappa shape index (κ3) is 8.05.